The number of carbonyl (C=O) groups is 4. The van der Waals surface area contributed by atoms with E-state index in [1.54, 1.807) is 24.3 Å². The van der Waals surface area contributed by atoms with Crippen molar-refractivity contribution in [3.05, 3.63) is 89.5 Å². The zero-order valence-electron chi connectivity index (χ0n) is 20.3. The number of carbonyl (C=O) groups excluding carboxylic acids is 3. The molecule has 3 aromatic rings. The quantitative estimate of drug-likeness (QED) is 0.315. The minimum absolute atomic E-state index is 0.114. The Morgan fingerprint density at radius 2 is 1.38 bits per heavy atom. The Morgan fingerprint density at radius 3 is 2.03 bits per heavy atom. The number of para-hydroxylation sites is 1. The lowest BCUT2D eigenvalue weighted by Gasteiger charge is -2.14. The zero-order valence-corrected chi connectivity index (χ0v) is 20.3. The van der Waals surface area contributed by atoms with E-state index in [0.29, 0.717) is 36.2 Å². The highest BCUT2D eigenvalue weighted by Gasteiger charge is 2.31. The van der Waals surface area contributed by atoms with E-state index < -0.39 is 5.97 Å². The monoisotopic (exact) mass is 500 g/mol. The van der Waals surface area contributed by atoms with Gasteiger partial charge in [-0.2, -0.15) is 0 Å². The molecule has 1 aliphatic carbocycles. The summed E-state index contributed by atoms with van der Waals surface area (Å²) in [5.74, 6) is -1.71. The highest BCUT2D eigenvalue weighted by molar-refractivity contribution is 6.00. The third-order valence-electron chi connectivity index (χ3n) is 6.34. The highest BCUT2D eigenvalue weighted by Crippen LogP contribution is 2.27. The molecule has 0 aliphatic heterocycles. The molecule has 5 N–H and O–H groups in total. The van der Waals surface area contributed by atoms with Crippen molar-refractivity contribution in [1.29, 1.82) is 0 Å². The Bertz CT molecular complexity index is 1300. The highest BCUT2D eigenvalue weighted by atomic mass is 16.4. The van der Waals surface area contributed by atoms with Crippen LogP contribution >= 0.6 is 0 Å². The molecule has 0 unspecified atom stereocenters. The molecule has 0 radical (unpaired) electrons. The summed E-state index contributed by atoms with van der Waals surface area (Å²) in [6.07, 6.45) is 1.84. The number of nitrogens with one attached hydrogen (secondary N) is 4. The van der Waals surface area contributed by atoms with Crippen molar-refractivity contribution in [3.8, 4) is 0 Å². The summed E-state index contributed by atoms with van der Waals surface area (Å²) in [6.45, 7) is 1.91. The molecular formula is C28H28N4O5. The normalized spacial score (nSPS) is 16.5. The van der Waals surface area contributed by atoms with Crippen molar-refractivity contribution in [3.63, 3.8) is 0 Å². The smallest absolute Gasteiger partial charge is 0.335 e. The van der Waals surface area contributed by atoms with Gasteiger partial charge in [0.1, 0.15) is 0 Å². The van der Waals surface area contributed by atoms with Crippen LogP contribution in [0.25, 0.3) is 0 Å². The largest absolute Gasteiger partial charge is 0.478 e. The molecule has 0 aromatic heterocycles. The fraction of sp³-hybridized carbons (Fsp3) is 0.214. The number of benzene rings is 3. The van der Waals surface area contributed by atoms with E-state index in [2.05, 4.69) is 21.3 Å². The van der Waals surface area contributed by atoms with Crippen molar-refractivity contribution in [2.75, 3.05) is 16.0 Å². The van der Waals surface area contributed by atoms with Crippen molar-refractivity contribution in [2.24, 2.45) is 5.92 Å². The minimum atomic E-state index is -1.05. The summed E-state index contributed by atoms with van der Waals surface area (Å²) in [7, 11) is 0. The number of aromatic carboxylic acids is 1. The molecule has 4 rings (SSSR count). The minimum Gasteiger partial charge on any atom is -0.478 e. The first-order valence-electron chi connectivity index (χ1n) is 12.0. The number of hydrogen-bond donors (Lipinski definition) is 5. The Balaban J connectivity index is 1.24. The van der Waals surface area contributed by atoms with Crippen LogP contribution in [0.15, 0.2) is 72.8 Å². The van der Waals surface area contributed by atoms with Crippen LogP contribution < -0.4 is 21.3 Å². The summed E-state index contributed by atoms with van der Waals surface area (Å²) >= 11 is 0. The second kappa shape index (κ2) is 11.4. The number of aryl methyl sites for hydroxylation is 1. The van der Waals surface area contributed by atoms with Gasteiger partial charge in [0.05, 0.1) is 5.56 Å². The first-order chi connectivity index (χ1) is 17.8. The Labute approximate surface area is 214 Å². The van der Waals surface area contributed by atoms with Crippen molar-refractivity contribution in [1.82, 2.24) is 5.32 Å². The molecule has 1 fully saturated rings. The number of hydrogen-bond acceptors (Lipinski definition) is 4. The van der Waals surface area contributed by atoms with Gasteiger partial charge in [0.15, 0.2) is 0 Å². The van der Waals surface area contributed by atoms with Crippen LogP contribution in [0.5, 0.6) is 0 Å². The van der Waals surface area contributed by atoms with Gasteiger partial charge in [0, 0.05) is 34.6 Å². The van der Waals surface area contributed by atoms with Gasteiger partial charge in [0.2, 0.25) is 5.91 Å². The zero-order chi connectivity index (χ0) is 26.4. The van der Waals surface area contributed by atoms with Gasteiger partial charge >= 0.3 is 12.0 Å². The van der Waals surface area contributed by atoms with Gasteiger partial charge in [-0.1, -0.05) is 18.2 Å². The Kier molecular flexibility index (Phi) is 7.83. The molecule has 0 saturated heterocycles. The lowest BCUT2D eigenvalue weighted by Crippen LogP contribution is -2.33. The SMILES string of the molecule is Cc1ccccc1NC(=O)Nc1ccc(NC(=O)[C@@H]2CC[C@H](NC(=O)c3ccc(C(=O)O)cc3)C2)cc1. The molecule has 1 saturated carbocycles. The molecule has 1 aliphatic rings. The number of anilines is 3. The average Bonchev–Trinajstić information content (AvgIpc) is 3.35. The van der Waals surface area contributed by atoms with Crippen LogP contribution in [0.3, 0.4) is 0 Å². The molecule has 0 heterocycles. The van der Waals surface area contributed by atoms with Gasteiger partial charge in [-0.3, -0.25) is 9.59 Å². The van der Waals surface area contributed by atoms with E-state index in [4.69, 9.17) is 5.11 Å². The fourth-order valence-corrected chi connectivity index (χ4v) is 4.26. The first kappa shape index (κ1) is 25.4. The van der Waals surface area contributed by atoms with Gasteiger partial charge in [-0.15, -0.1) is 0 Å². The van der Waals surface area contributed by atoms with Gasteiger partial charge in [0.25, 0.3) is 5.91 Å². The van der Waals surface area contributed by atoms with Crippen LogP contribution in [0.1, 0.15) is 45.5 Å². The second-order valence-corrected chi connectivity index (χ2v) is 9.02. The summed E-state index contributed by atoms with van der Waals surface area (Å²) in [4.78, 5) is 48.5. The summed E-state index contributed by atoms with van der Waals surface area (Å²) in [5, 5.41) is 20.4. The summed E-state index contributed by atoms with van der Waals surface area (Å²) in [6, 6.07) is 19.6. The second-order valence-electron chi connectivity index (χ2n) is 9.02. The maximum absolute atomic E-state index is 12.8. The lowest BCUT2D eigenvalue weighted by molar-refractivity contribution is -0.119. The Hall–Kier alpha value is -4.66. The van der Waals surface area contributed by atoms with Crippen LogP contribution in [0.2, 0.25) is 0 Å². The molecule has 3 aromatic carbocycles. The van der Waals surface area contributed by atoms with Gasteiger partial charge in [-0.05, 0) is 86.3 Å². The van der Waals surface area contributed by atoms with E-state index in [-0.39, 0.29) is 35.4 Å². The van der Waals surface area contributed by atoms with Crippen LogP contribution in [0.4, 0.5) is 21.9 Å². The first-order valence-corrected chi connectivity index (χ1v) is 12.0. The number of rotatable bonds is 7. The van der Waals surface area contributed by atoms with Crippen molar-refractivity contribution >= 4 is 40.9 Å². The number of carboxylic acid groups (broad SMARTS) is 1. The van der Waals surface area contributed by atoms with Crippen LogP contribution in [-0.4, -0.2) is 35.0 Å². The molecule has 2 atom stereocenters. The maximum Gasteiger partial charge on any atom is 0.335 e. The molecule has 0 spiro atoms. The number of urea groups is 1. The molecular weight excluding hydrogens is 472 g/mol. The van der Waals surface area contributed by atoms with E-state index in [1.807, 2.05) is 31.2 Å². The van der Waals surface area contributed by atoms with Crippen LogP contribution in [-0.2, 0) is 4.79 Å². The van der Waals surface area contributed by atoms with E-state index in [0.717, 1.165) is 11.3 Å². The Morgan fingerprint density at radius 1 is 0.757 bits per heavy atom. The predicted octanol–water partition coefficient (Wildman–Crippen LogP) is 4.87. The summed E-state index contributed by atoms with van der Waals surface area (Å²) < 4.78 is 0. The third-order valence-corrected chi connectivity index (χ3v) is 6.34. The topological polar surface area (TPSA) is 137 Å². The fourth-order valence-electron chi connectivity index (χ4n) is 4.26. The predicted molar refractivity (Wildman–Crippen MR) is 141 cm³/mol. The number of amides is 4. The van der Waals surface area contributed by atoms with Crippen molar-refractivity contribution < 1.29 is 24.3 Å². The van der Waals surface area contributed by atoms with Gasteiger partial charge in [-0.25, -0.2) is 9.59 Å². The molecule has 9 nitrogen and oxygen atoms in total. The number of carboxylic acids is 1. The van der Waals surface area contributed by atoms with Gasteiger partial charge < -0.3 is 26.4 Å². The maximum atomic E-state index is 12.8. The van der Waals surface area contributed by atoms with Crippen molar-refractivity contribution in [2.45, 2.75) is 32.2 Å². The summed E-state index contributed by atoms with van der Waals surface area (Å²) in [5.41, 5.74) is 3.37. The van der Waals surface area contributed by atoms with E-state index in [9.17, 15) is 19.2 Å². The average molecular weight is 501 g/mol. The van der Waals surface area contributed by atoms with E-state index >= 15 is 0 Å². The van der Waals surface area contributed by atoms with Crippen LogP contribution in [0, 0.1) is 12.8 Å². The molecule has 4 amide bonds. The molecule has 37 heavy (non-hydrogen) atoms. The molecule has 190 valence electrons. The standard InChI is InChI=1S/C28H28N4O5/c1-17-4-2-3-5-24(17)32-28(37)31-22-14-12-21(13-15-22)29-26(34)20-10-11-23(16-20)30-25(33)18-6-8-19(9-7-18)27(35)36/h2-9,12-15,20,23H,10-11,16H2,1H3,(H,29,34)(H,30,33)(H,35,36)(H2,31,32,37)/t20-,23+/m1/s1. The lowest BCUT2D eigenvalue weighted by atomic mass is 10.1. The molecule has 9 heteroatoms. The third kappa shape index (κ3) is 6.72. The van der Waals surface area contributed by atoms with E-state index in [1.165, 1.54) is 24.3 Å². The molecule has 0 bridgehead atoms.